The summed E-state index contributed by atoms with van der Waals surface area (Å²) < 4.78 is 0. The number of aromatic hydroxyl groups is 4. The second-order valence-electron chi connectivity index (χ2n) is 8.91. The summed E-state index contributed by atoms with van der Waals surface area (Å²) in [6, 6.07) is 9.45. The van der Waals surface area contributed by atoms with Crippen LogP contribution in [0, 0.1) is 0 Å². The van der Waals surface area contributed by atoms with Gasteiger partial charge in [0, 0.05) is 0 Å². The lowest BCUT2D eigenvalue weighted by Gasteiger charge is -1.98. The second-order valence-corrected chi connectivity index (χ2v) is 8.91. The van der Waals surface area contributed by atoms with Crippen molar-refractivity contribution in [2.75, 3.05) is 0 Å². The smallest absolute Gasteiger partial charge is 0.157 e. The van der Waals surface area contributed by atoms with Crippen molar-refractivity contribution in [3.05, 3.63) is 143 Å². The molecule has 38 heavy (non-hydrogen) atoms. The van der Waals surface area contributed by atoms with E-state index in [2.05, 4.69) is 0 Å². The van der Waals surface area contributed by atoms with Gasteiger partial charge in [0.1, 0.15) is 0 Å². The van der Waals surface area contributed by atoms with Gasteiger partial charge in [-0.3, -0.25) is 0 Å². The van der Waals surface area contributed by atoms with E-state index in [9.17, 15) is 20.4 Å². The number of rotatable bonds is 10. The van der Waals surface area contributed by atoms with E-state index in [1.54, 1.807) is 12.1 Å². The Bertz CT molecular complexity index is 1270. The molecule has 196 valence electrons. The molecule has 0 aliphatic heterocycles. The predicted octanol–water partition coefficient (Wildman–Crippen LogP) is 8.69. The maximum atomic E-state index is 9.56. The van der Waals surface area contributed by atoms with E-state index in [1.165, 1.54) is 24.3 Å². The van der Waals surface area contributed by atoms with Gasteiger partial charge in [0.25, 0.3) is 0 Å². The standard InChI is InChI=1S/C34H36O4/c1-25(11-7-13-27(3)15-17-29-19-21-31(35)33(37)23-29)9-5-6-10-26(2)12-8-14-28(4)16-18-30-20-22-32(36)34(38)24-30/h5-24,35-38H,1-4H3/b6-5+,11-7+,12-8+,17-15+,18-16+,25-9+,26-10+,27-13+,28-14+. The summed E-state index contributed by atoms with van der Waals surface area (Å²) in [5.41, 5.74) is 5.97. The van der Waals surface area contributed by atoms with Gasteiger partial charge in [0.15, 0.2) is 23.0 Å². The van der Waals surface area contributed by atoms with E-state index in [4.69, 9.17) is 0 Å². The lowest BCUT2D eigenvalue weighted by Crippen LogP contribution is -1.74. The Hall–Kier alpha value is -4.70. The van der Waals surface area contributed by atoms with E-state index >= 15 is 0 Å². The molecule has 0 radical (unpaired) electrons. The molecular formula is C34H36O4. The molecule has 0 atom stereocenters. The van der Waals surface area contributed by atoms with E-state index < -0.39 is 0 Å². The molecular weight excluding hydrogens is 472 g/mol. The maximum Gasteiger partial charge on any atom is 0.157 e. The molecule has 2 rings (SSSR count). The van der Waals surface area contributed by atoms with Crippen LogP contribution >= 0.6 is 0 Å². The van der Waals surface area contributed by atoms with Crippen LogP contribution in [0.5, 0.6) is 23.0 Å². The van der Waals surface area contributed by atoms with Crippen LogP contribution in [0.4, 0.5) is 0 Å². The Kier molecular flexibility index (Phi) is 12.0. The van der Waals surface area contributed by atoms with Crippen LogP contribution in [0.25, 0.3) is 12.2 Å². The zero-order chi connectivity index (χ0) is 27.9. The molecule has 0 saturated carbocycles. The third-order valence-electron chi connectivity index (χ3n) is 5.34. The van der Waals surface area contributed by atoms with Gasteiger partial charge in [-0.25, -0.2) is 0 Å². The van der Waals surface area contributed by atoms with E-state index in [0.717, 1.165) is 33.4 Å². The summed E-state index contributed by atoms with van der Waals surface area (Å²) in [5.74, 6) is -0.513. The summed E-state index contributed by atoms with van der Waals surface area (Å²) in [6.07, 6.45) is 27.8. The highest BCUT2D eigenvalue weighted by Crippen LogP contribution is 2.26. The van der Waals surface area contributed by atoms with Crippen molar-refractivity contribution >= 4 is 12.2 Å². The minimum atomic E-state index is -0.130. The SMILES string of the molecule is CC(/C=C/C=C(C)/C=C/c1ccc(O)c(O)c1)=C\C=C\C=C(C)\C=C\C=C(C)\C=C\c1ccc(O)c(O)c1. The van der Waals surface area contributed by atoms with Crippen LogP contribution in [0.15, 0.2) is 132 Å². The van der Waals surface area contributed by atoms with Crippen molar-refractivity contribution in [3.63, 3.8) is 0 Å². The number of phenolic OH excluding ortho intramolecular Hbond substituents is 4. The highest BCUT2D eigenvalue weighted by molar-refractivity contribution is 5.58. The molecule has 0 heterocycles. The molecule has 4 heteroatoms. The third kappa shape index (κ3) is 11.4. The zero-order valence-corrected chi connectivity index (χ0v) is 22.3. The van der Waals surface area contributed by atoms with E-state index in [-0.39, 0.29) is 23.0 Å². The molecule has 2 aromatic carbocycles. The Labute approximate surface area is 225 Å². The van der Waals surface area contributed by atoms with Gasteiger partial charge < -0.3 is 20.4 Å². The predicted molar refractivity (Wildman–Crippen MR) is 160 cm³/mol. The monoisotopic (exact) mass is 508 g/mol. The van der Waals surface area contributed by atoms with Crippen LogP contribution in [0.2, 0.25) is 0 Å². The molecule has 2 aromatic rings. The van der Waals surface area contributed by atoms with Crippen molar-refractivity contribution in [1.29, 1.82) is 0 Å². The highest BCUT2D eigenvalue weighted by atomic mass is 16.3. The molecule has 0 aliphatic carbocycles. The number of phenols is 4. The molecule has 0 amide bonds. The summed E-state index contributed by atoms with van der Waals surface area (Å²) in [7, 11) is 0. The quantitative estimate of drug-likeness (QED) is 0.191. The van der Waals surface area contributed by atoms with E-state index in [0.29, 0.717) is 0 Å². The number of hydrogen-bond donors (Lipinski definition) is 4. The molecule has 0 aliphatic rings. The normalized spacial score (nSPS) is 14.3. The Morgan fingerprint density at radius 3 is 1.16 bits per heavy atom. The molecule has 0 bridgehead atoms. The zero-order valence-electron chi connectivity index (χ0n) is 22.3. The first-order chi connectivity index (χ1) is 18.1. The first-order valence-corrected chi connectivity index (χ1v) is 12.3. The van der Waals surface area contributed by atoms with Crippen LogP contribution < -0.4 is 0 Å². The third-order valence-corrected chi connectivity index (χ3v) is 5.34. The molecule has 0 unspecified atom stereocenters. The van der Waals surface area contributed by atoms with Crippen LogP contribution in [0.3, 0.4) is 0 Å². The van der Waals surface area contributed by atoms with Crippen molar-refractivity contribution in [3.8, 4) is 23.0 Å². The fraction of sp³-hybridized carbons (Fsp3) is 0.118. The average Bonchev–Trinajstić information content (AvgIpc) is 2.88. The summed E-state index contributed by atoms with van der Waals surface area (Å²) in [4.78, 5) is 0. The van der Waals surface area contributed by atoms with Crippen LogP contribution in [0.1, 0.15) is 38.8 Å². The van der Waals surface area contributed by atoms with Crippen molar-refractivity contribution in [1.82, 2.24) is 0 Å². The fourth-order valence-electron chi connectivity index (χ4n) is 3.08. The van der Waals surface area contributed by atoms with Gasteiger partial charge in [0.2, 0.25) is 0 Å². The molecule has 4 N–H and O–H groups in total. The number of hydrogen-bond acceptors (Lipinski definition) is 4. The largest absolute Gasteiger partial charge is 0.504 e. The molecule has 4 nitrogen and oxygen atoms in total. The summed E-state index contributed by atoms with van der Waals surface area (Å²) in [6.45, 7) is 8.07. The maximum absolute atomic E-state index is 9.56. The lowest BCUT2D eigenvalue weighted by molar-refractivity contribution is 0.403. The summed E-state index contributed by atoms with van der Waals surface area (Å²) >= 11 is 0. The molecule has 0 saturated heterocycles. The van der Waals surface area contributed by atoms with Gasteiger partial charge in [-0.1, -0.05) is 119 Å². The Balaban J connectivity index is 1.84. The first kappa shape index (κ1) is 29.5. The average molecular weight is 509 g/mol. The highest BCUT2D eigenvalue weighted by Gasteiger charge is 1.98. The van der Waals surface area contributed by atoms with Gasteiger partial charge in [-0.05, 0) is 63.1 Å². The minimum Gasteiger partial charge on any atom is -0.504 e. The van der Waals surface area contributed by atoms with Crippen molar-refractivity contribution in [2.24, 2.45) is 0 Å². The second kappa shape index (κ2) is 15.4. The number of benzene rings is 2. The summed E-state index contributed by atoms with van der Waals surface area (Å²) in [5, 5.41) is 37.9. The molecule has 0 aromatic heterocycles. The van der Waals surface area contributed by atoms with Crippen molar-refractivity contribution in [2.45, 2.75) is 27.7 Å². The Morgan fingerprint density at radius 1 is 0.447 bits per heavy atom. The topological polar surface area (TPSA) is 80.9 Å². The number of allylic oxidation sites excluding steroid dienone is 16. The van der Waals surface area contributed by atoms with Crippen molar-refractivity contribution < 1.29 is 20.4 Å². The van der Waals surface area contributed by atoms with E-state index in [1.807, 2.05) is 113 Å². The van der Waals surface area contributed by atoms with Gasteiger partial charge >= 0.3 is 0 Å². The molecule has 0 fully saturated rings. The van der Waals surface area contributed by atoms with Crippen LogP contribution in [-0.4, -0.2) is 20.4 Å². The van der Waals surface area contributed by atoms with Gasteiger partial charge in [-0.2, -0.15) is 0 Å². The molecule has 0 spiro atoms. The lowest BCUT2D eigenvalue weighted by atomic mass is 10.1. The van der Waals surface area contributed by atoms with Crippen LogP contribution in [-0.2, 0) is 0 Å². The minimum absolute atomic E-state index is 0.126. The Morgan fingerprint density at radius 2 is 0.789 bits per heavy atom. The van der Waals surface area contributed by atoms with Gasteiger partial charge in [0.05, 0.1) is 0 Å². The first-order valence-electron chi connectivity index (χ1n) is 12.3. The fourth-order valence-corrected chi connectivity index (χ4v) is 3.08. The van der Waals surface area contributed by atoms with Gasteiger partial charge in [-0.15, -0.1) is 0 Å².